The van der Waals surface area contributed by atoms with Crippen LogP contribution < -0.4 is 5.32 Å². The Morgan fingerprint density at radius 1 is 1.16 bits per heavy atom. The Labute approximate surface area is 115 Å². The molecule has 1 aliphatic rings. The molecule has 0 bridgehead atoms. The minimum atomic E-state index is 0.347. The molecule has 1 heterocycles. The predicted molar refractivity (Wildman–Crippen MR) is 75.6 cm³/mol. The molecule has 0 unspecified atom stereocenters. The Morgan fingerprint density at radius 2 is 1.79 bits per heavy atom. The Kier molecular flexibility index (Phi) is 3.49. The van der Waals surface area contributed by atoms with Gasteiger partial charge in [-0.3, -0.25) is 0 Å². The van der Waals surface area contributed by atoms with Crippen molar-refractivity contribution in [2.45, 2.75) is 53.0 Å². The average Bonchev–Trinajstić information content (AvgIpc) is 2.25. The highest BCUT2D eigenvalue weighted by Crippen LogP contribution is 2.46. The van der Waals surface area contributed by atoms with Crippen LogP contribution in [0.4, 0.5) is 5.82 Å². The summed E-state index contributed by atoms with van der Waals surface area (Å²) in [6, 6.07) is 2.40. The van der Waals surface area contributed by atoms with Gasteiger partial charge >= 0.3 is 0 Å². The summed E-state index contributed by atoms with van der Waals surface area (Å²) in [5.41, 5.74) is 1.05. The van der Waals surface area contributed by atoms with Gasteiger partial charge in [0.15, 0.2) is 5.69 Å². The molecular formula is C15H22N4. The van der Waals surface area contributed by atoms with Gasteiger partial charge in [-0.05, 0) is 30.1 Å². The lowest BCUT2D eigenvalue weighted by atomic mass is 9.63. The van der Waals surface area contributed by atoms with Crippen molar-refractivity contribution < 1.29 is 0 Å². The van der Waals surface area contributed by atoms with Crippen molar-refractivity contribution in [2.75, 3.05) is 5.32 Å². The number of anilines is 1. The highest BCUT2D eigenvalue weighted by atomic mass is 15.0. The van der Waals surface area contributed by atoms with Crippen molar-refractivity contribution in [1.82, 2.24) is 9.97 Å². The lowest BCUT2D eigenvalue weighted by Crippen LogP contribution is -2.40. The molecule has 0 radical (unpaired) electrons. The summed E-state index contributed by atoms with van der Waals surface area (Å²) in [7, 11) is 0. The van der Waals surface area contributed by atoms with Crippen LogP contribution in [0.5, 0.6) is 0 Å². The summed E-state index contributed by atoms with van der Waals surface area (Å²) in [6.45, 7) is 9.31. The van der Waals surface area contributed by atoms with Gasteiger partial charge in [0.2, 0.25) is 0 Å². The quantitative estimate of drug-likeness (QED) is 0.883. The van der Waals surface area contributed by atoms with Gasteiger partial charge in [-0.2, -0.15) is 5.26 Å². The molecule has 0 saturated heterocycles. The average molecular weight is 258 g/mol. The van der Waals surface area contributed by atoms with Crippen molar-refractivity contribution in [1.29, 1.82) is 5.26 Å². The van der Waals surface area contributed by atoms with E-state index in [0.717, 1.165) is 18.7 Å². The standard InChI is InChI=1S/C15H22N4/c1-14(2)5-11(6-15(3,4)10-14)19-13-9-17-12(7-16)8-18-13/h8-9,11H,5-6,10H2,1-4H3,(H,18,19). The van der Waals surface area contributed by atoms with E-state index < -0.39 is 0 Å². The number of nitrogens with one attached hydrogen (secondary N) is 1. The molecule has 1 aromatic heterocycles. The van der Waals surface area contributed by atoms with Crippen LogP contribution in [0.25, 0.3) is 0 Å². The molecule has 0 aliphatic heterocycles. The Bertz CT molecular complexity index is 466. The maximum Gasteiger partial charge on any atom is 0.158 e. The summed E-state index contributed by atoms with van der Waals surface area (Å²) in [5, 5.41) is 12.2. The number of rotatable bonds is 2. The molecule has 4 heteroatoms. The van der Waals surface area contributed by atoms with E-state index in [2.05, 4.69) is 43.0 Å². The second-order valence-corrected chi connectivity index (χ2v) is 7.15. The normalized spacial score (nSPS) is 21.6. The molecule has 0 atom stereocenters. The number of nitriles is 1. The second kappa shape index (κ2) is 4.80. The molecule has 1 aromatic rings. The summed E-state index contributed by atoms with van der Waals surface area (Å²) in [5.74, 6) is 0.762. The van der Waals surface area contributed by atoms with E-state index in [1.807, 2.05) is 6.07 Å². The fourth-order valence-electron chi connectivity index (χ4n) is 3.62. The molecule has 1 N–H and O–H groups in total. The van der Waals surface area contributed by atoms with Gasteiger partial charge in [-0.1, -0.05) is 27.7 Å². The van der Waals surface area contributed by atoms with E-state index in [9.17, 15) is 0 Å². The van der Waals surface area contributed by atoms with E-state index in [1.54, 1.807) is 6.20 Å². The SMILES string of the molecule is CC1(C)CC(Nc2cnc(C#N)cn2)CC(C)(C)C1. The third-order valence-corrected chi connectivity index (χ3v) is 3.67. The fraction of sp³-hybridized carbons (Fsp3) is 0.667. The zero-order valence-corrected chi connectivity index (χ0v) is 12.2. The van der Waals surface area contributed by atoms with Gasteiger partial charge in [0.1, 0.15) is 11.9 Å². The van der Waals surface area contributed by atoms with Gasteiger partial charge in [-0.25, -0.2) is 9.97 Å². The molecule has 1 aliphatic carbocycles. The van der Waals surface area contributed by atoms with Crippen LogP contribution in [0.3, 0.4) is 0 Å². The lowest BCUT2D eigenvalue weighted by Gasteiger charge is -2.45. The third-order valence-electron chi connectivity index (χ3n) is 3.67. The van der Waals surface area contributed by atoms with Crippen LogP contribution >= 0.6 is 0 Å². The first-order chi connectivity index (χ1) is 8.80. The first-order valence-electron chi connectivity index (χ1n) is 6.78. The molecule has 102 valence electrons. The van der Waals surface area contributed by atoms with Crippen LogP contribution in [-0.4, -0.2) is 16.0 Å². The lowest BCUT2D eigenvalue weighted by molar-refractivity contribution is 0.105. The van der Waals surface area contributed by atoms with Crippen LogP contribution in [0, 0.1) is 22.2 Å². The molecule has 0 amide bonds. The monoisotopic (exact) mass is 258 g/mol. The maximum atomic E-state index is 8.71. The highest BCUT2D eigenvalue weighted by Gasteiger charge is 2.38. The van der Waals surface area contributed by atoms with Crippen LogP contribution in [0.15, 0.2) is 12.4 Å². The third kappa shape index (κ3) is 3.66. The Balaban J connectivity index is 2.07. The number of hydrogen-bond acceptors (Lipinski definition) is 4. The molecule has 0 aromatic carbocycles. The maximum absolute atomic E-state index is 8.71. The first-order valence-corrected chi connectivity index (χ1v) is 6.78. The van der Waals surface area contributed by atoms with Crippen LogP contribution in [0.1, 0.15) is 52.7 Å². The molecule has 1 saturated carbocycles. The van der Waals surface area contributed by atoms with Crippen molar-refractivity contribution >= 4 is 5.82 Å². The van der Waals surface area contributed by atoms with Crippen molar-refractivity contribution in [3.63, 3.8) is 0 Å². The topological polar surface area (TPSA) is 61.6 Å². The second-order valence-electron chi connectivity index (χ2n) is 7.15. The number of aromatic nitrogens is 2. The van der Waals surface area contributed by atoms with Gasteiger partial charge in [0.05, 0.1) is 12.4 Å². The van der Waals surface area contributed by atoms with Crippen molar-refractivity contribution in [3.05, 3.63) is 18.1 Å². The van der Waals surface area contributed by atoms with Gasteiger partial charge in [0.25, 0.3) is 0 Å². The summed E-state index contributed by atoms with van der Waals surface area (Å²) in [4.78, 5) is 8.29. The minimum absolute atomic E-state index is 0.347. The Hall–Kier alpha value is -1.63. The molecule has 0 spiro atoms. The molecule has 1 fully saturated rings. The molecule has 2 rings (SSSR count). The van der Waals surface area contributed by atoms with Crippen molar-refractivity contribution in [3.8, 4) is 6.07 Å². The van der Waals surface area contributed by atoms with Crippen LogP contribution in [0.2, 0.25) is 0 Å². The largest absolute Gasteiger partial charge is 0.366 e. The minimum Gasteiger partial charge on any atom is -0.366 e. The zero-order chi connectivity index (χ0) is 14.1. The van der Waals surface area contributed by atoms with Gasteiger partial charge in [0, 0.05) is 6.04 Å². The fourth-order valence-corrected chi connectivity index (χ4v) is 3.62. The van der Waals surface area contributed by atoms with E-state index in [1.165, 1.54) is 12.6 Å². The molecular weight excluding hydrogens is 236 g/mol. The predicted octanol–water partition coefficient (Wildman–Crippen LogP) is 3.37. The zero-order valence-electron chi connectivity index (χ0n) is 12.2. The smallest absolute Gasteiger partial charge is 0.158 e. The van der Waals surface area contributed by atoms with E-state index >= 15 is 0 Å². The number of hydrogen-bond donors (Lipinski definition) is 1. The first kappa shape index (κ1) is 13.8. The summed E-state index contributed by atoms with van der Waals surface area (Å²) >= 11 is 0. The molecule has 4 nitrogen and oxygen atoms in total. The van der Waals surface area contributed by atoms with Gasteiger partial charge < -0.3 is 5.32 Å². The van der Waals surface area contributed by atoms with Gasteiger partial charge in [-0.15, -0.1) is 0 Å². The summed E-state index contributed by atoms with van der Waals surface area (Å²) in [6.07, 6.45) is 6.68. The highest BCUT2D eigenvalue weighted by molar-refractivity contribution is 5.34. The van der Waals surface area contributed by atoms with Crippen molar-refractivity contribution in [2.24, 2.45) is 10.8 Å². The van der Waals surface area contributed by atoms with E-state index in [4.69, 9.17) is 5.26 Å². The Morgan fingerprint density at radius 3 is 2.26 bits per heavy atom. The van der Waals surface area contributed by atoms with E-state index in [0.29, 0.717) is 22.6 Å². The molecule has 19 heavy (non-hydrogen) atoms. The van der Waals surface area contributed by atoms with Crippen LogP contribution in [-0.2, 0) is 0 Å². The number of nitrogens with zero attached hydrogens (tertiary/aromatic N) is 3. The van der Waals surface area contributed by atoms with E-state index in [-0.39, 0.29) is 0 Å². The summed E-state index contributed by atoms with van der Waals surface area (Å²) < 4.78 is 0.